The highest BCUT2D eigenvalue weighted by Crippen LogP contribution is 2.63. The van der Waals surface area contributed by atoms with Gasteiger partial charge in [0.2, 0.25) is 5.91 Å². The number of nitrogens with one attached hydrogen (secondary N) is 1. The van der Waals surface area contributed by atoms with Crippen LogP contribution in [0.3, 0.4) is 0 Å². The summed E-state index contributed by atoms with van der Waals surface area (Å²) in [5, 5.41) is 4.87. The normalized spacial score (nSPS) is 23.2. The van der Waals surface area contributed by atoms with Crippen LogP contribution in [0.2, 0.25) is 5.02 Å². The van der Waals surface area contributed by atoms with Crippen LogP contribution < -0.4 is 5.43 Å². The molecule has 3 nitrogen and oxygen atoms in total. The van der Waals surface area contributed by atoms with Crippen molar-refractivity contribution in [1.82, 2.24) is 5.43 Å². The lowest BCUT2D eigenvalue weighted by Gasteiger charge is -2.11. The third-order valence-electron chi connectivity index (χ3n) is 3.78. The van der Waals surface area contributed by atoms with Gasteiger partial charge >= 0.3 is 0 Å². The molecule has 0 radical (unpaired) electrons. The number of hydrazone groups is 1. The third-order valence-corrected chi connectivity index (χ3v) is 5.40. The average Bonchev–Trinajstić information content (AvgIpc) is 3.00. The maximum absolute atomic E-state index is 12.2. The molecule has 0 spiro atoms. The van der Waals surface area contributed by atoms with Crippen molar-refractivity contribution >= 4 is 58.0 Å². The highest BCUT2D eigenvalue weighted by molar-refractivity contribution is 6.53. The number of nitrogens with zero attached hydrogens (tertiary/aromatic N) is 1. The van der Waals surface area contributed by atoms with Gasteiger partial charge in [0.1, 0.15) is 4.33 Å². The SMILES string of the molecule is C[C@]1(C(=O)N/N=C(/CCCCl)c2ccc(Cl)cc2)CC1(Cl)Cl. The number of carbonyl (C=O) groups is 1. The van der Waals surface area contributed by atoms with Crippen molar-refractivity contribution in [3.8, 4) is 0 Å². The summed E-state index contributed by atoms with van der Waals surface area (Å²) < 4.78 is -1.01. The van der Waals surface area contributed by atoms with Crippen LogP contribution in [0.1, 0.15) is 31.7 Å². The smallest absolute Gasteiger partial charge is 0.249 e. The summed E-state index contributed by atoms with van der Waals surface area (Å²) in [4.78, 5) is 12.2. The number of hydrogen-bond donors (Lipinski definition) is 1. The van der Waals surface area contributed by atoms with E-state index in [1.807, 2.05) is 12.1 Å². The summed E-state index contributed by atoms with van der Waals surface area (Å²) in [6.45, 7) is 1.72. The van der Waals surface area contributed by atoms with Gasteiger partial charge in [-0.2, -0.15) is 5.10 Å². The Hall–Kier alpha value is -0.480. The lowest BCUT2D eigenvalue weighted by Crippen LogP contribution is -2.30. The Labute approximate surface area is 149 Å². The minimum absolute atomic E-state index is 0.283. The molecule has 0 unspecified atom stereocenters. The largest absolute Gasteiger partial charge is 0.272 e. The van der Waals surface area contributed by atoms with E-state index in [1.165, 1.54) is 0 Å². The number of alkyl halides is 3. The van der Waals surface area contributed by atoms with E-state index in [0.717, 1.165) is 17.7 Å². The molecular formula is C15H16Cl4N2O. The molecule has 1 saturated carbocycles. The predicted octanol–water partition coefficient (Wildman–Crippen LogP) is 4.76. The quantitative estimate of drug-likeness (QED) is 0.430. The molecule has 2 rings (SSSR count). The number of halogens is 4. The molecule has 1 amide bonds. The van der Waals surface area contributed by atoms with Gasteiger partial charge in [-0.25, -0.2) is 5.43 Å². The minimum Gasteiger partial charge on any atom is -0.272 e. The average molecular weight is 382 g/mol. The summed E-state index contributed by atoms with van der Waals surface area (Å²) in [5.41, 5.74) is 3.40. The Kier molecular flexibility index (Phi) is 5.65. The van der Waals surface area contributed by atoms with Gasteiger partial charge < -0.3 is 0 Å². The van der Waals surface area contributed by atoms with Crippen LogP contribution in [-0.2, 0) is 4.79 Å². The first kappa shape index (κ1) is 17.9. The summed E-state index contributed by atoms with van der Waals surface area (Å²) in [5.74, 6) is 0.236. The highest BCUT2D eigenvalue weighted by atomic mass is 35.5. The van der Waals surface area contributed by atoms with Crippen molar-refractivity contribution in [2.75, 3.05) is 5.88 Å². The van der Waals surface area contributed by atoms with Crippen LogP contribution in [0, 0.1) is 5.41 Å². The third kappa shape index (κ3) is 3.88. The minimum atomic E-state index is -1.01. The van der Waals surface area contributed by atoms with Gasteiger partial charge in [0.25, 0.3) is 0 Å². The van der Waals surface area contributed by atoms with Gasteiger partial charge in [-0.1, -0.05) is 23.7 Å². The fourth-order valence-electron chi connectivity index (χ4n) is 2.03. The number of hydrogen-bond acceptors (Lipinski definition) is 2. The molecule has 1 aliphatic rings. The molecule has 1 N–H and O–H groups in total. The molecule has 1 aromatic rings. The first-order chi connectivity index (χ1) is 10.3. The lowest BCUT2D eigenvalue weighted by atomic mass is 10.1. The monoisotopic (exact) mass is 380 g/mol. The van der Waals surface area contributed by atoms with E-state index in [0.29, 0.717) is 23.7 Å². The topological polar surface area (TPSA) is 41.5 Å². The maximum Gasteiger partial charge on any atom is 0.249 e. The van der Waals surface area contributed by atoms with Crippen LogP contribution in [0.15, 0.2) is 29.4 Å². The molecule has 0 aliphatic heterocycles. The molecule has 1 atom stereocenters. The Balaban J connectivity index is 2.12. The summed E-state index contributed by atoms with van der Waals surface area (Å²) in [6, 6.07) is 7.26. The van der Waals surface area contributed by atoms with E-state index >= 15 is 0 Å². The molecule has 0 aromatic heterocycles. The summed E-state index contributed by atoms with van der Waals surface area (Å²) in [6.07, 6.45) is 1.82. The fourth-order valence-corrected chi connectivity index (χ4v) is 2.99. The molecular weight excluding hydrogens is 366 g/mol. The van der Waals surface area contributed by atoms with E-state index in [1.54, 1.807) is 19.1 Å². The number of rotatable bonds is 6. The van der Waals surface area contributed by atoms with Gasteiger partial charge in [0.05, 0.1) is 11.1 Å². The molecule has 0 bridgehead atoms. The van der Waals surface area contributed by atoms with Gasteiger partial charge in [-0.15, -0.1) is 34.8 Å². The van der Waals surface area contributed by atoms with E-state index in [4.69, 9.17) is 46.4 Å². The Morgan fingerprint density at radius 2 is 1.91 bits per heavy atom. The van der Waals surface area contributed by atoms with Gasteiger partial charge in [-0.05, 0) is 43.9 Å². The molecule has 22 heavy (non-hydrogen) atoms. The van der Waals surface area contributed by atoms with Crippen molar-refractivity contribution in [3.05, 3.63) is 34.9 Å². The van der Waals surface area contributed by atoms with Crippen LogP contribution in [-0.4, -0.2) is 21.8 Å². The van der Waals surface area contributed by atoms with E-state index < -0.39 is 9.75 Å². The van der Waals surface area contributed by atoms with Crippen LogP contribution in [0.5, 0.6) is 0 Å². The van der Waals surface area contributed by atoms with Crippen molar-refractivity contribution in [3.63, 3.8) is 0 Å². The first-order valence-corrected chi connectivity index (χ1v) is 8.54. The first-order valence-electron chi connectivity index (χ1n) is 6.87. The second kappa shape index (κ2) is 6.96. The highest BCUT2D eigenvalue weighted by Gasteiger charge is 2.68. The molecule has 1 fully saturated rings. The zero-order valence-electron chi connectivity index (χ0n) is 12.0. The zero-order chi connectivity index (χ0) is 16.4. The van der Waals surface area contributed by atoms with Crippen LogP contribution >= 0.6 is 46.4 Å². The van der Waals surface area contributed by atoms with Gasteiger partial charge in [0.15, 0.2) is 0 Å². The number of amides is 1. The van der Waals surface area contributed by atoms with E-state index in [2.05, 4.69) is 10.5 Å². The molecule has 0 heterocycles. The standard InChI is InChI=1S/C15H16Cl4N2O/c1-14(9-15(14,18)19)13(22)21-20-12(3-2-8-16)10-4-6-11(17)7-5-10/h4-7H,2-3,8-9H2,1H3,(H,21,22)/b20-12-/t14-/m1/s1. The molecule has 7 heteroatoms. The molecule has 1 aliphatic carbocycles. The van der Waals surface area contributed by atoms with E-state index in [9.17, 15) is 4.79 Å². The second-order valence-corrected chi connectivity index (χ2v) is 7.81. The zero-order valence-corrected chi connectivity index (χ0v) is 15.0. The Morgan fingerprint density at radius 1 is 1.32 bits per heavy atom. The van der Waals surface area contributed by atoms with E-state index in [-0.39, 0.29) is 5.91 Å². The van der Waals surface area contributed by atoms with Crippen LogP contribution in [0.4, 0.5) is 0 Å². The molecule has 1 aromatic carbocycles. The van der Waals surface area contributed by atoms with Crippen molar-refractivity contribution in [2.24, 2.45) is 10.5 Å². The number of benzene rings is 1. The second-order valence-electron chi connectivity index (χ2n) is 5.51. The van der Waals surface area contributed by atoms with Gasteiger partial charge in [0, 0.05) is 10.9 Å². The molecule has 0 saturated heterocycles. The Morgan fingerprint density at radius 3 is 2.41 bits per heavy atom. The van der Waals surface area contributed by atoms with Crippen molar-refractivity contribution in [2.45, 2.75) is 30.5 Å². The van der Waals surface area contributed by atoms with Crippen LogP contribution in [0.25, 0.3) is 0 Å². The fraction of sp³-hybridized carbons (Fsp3) is 0.467. The summed E-state index contributed by atoms with van der Waals surface area (Å²) in [7, 11) is 0. The predicted molar refractivity (Wildman–Crippen MR) is 93.2 cm³/mol. The number of carbonyl (C=O) groups excluding carboxylic acids is 1. The lowest BCUT2D eigenvalue weighted by molar-refractivity contribution is -0.125. The molecule has 120 valence electrons. The van der Waals surface area contributed by atoms with Crippen molar-refractivity contribution in [1.29, 1.82) is 0 Å². The maximum atomic E-state index is 12.2. The van der Waals surface area contributed by atoms with Gasteiger partial charge in [-0.3, -0.25) is 4.79 Å². The summed E-state index contributed by atoms with van der Waals surface area (Å²) >= 11 is 23.6. The van der Waals surface area contributed by atoms with Crippen molar-refractivity contribution < 1.29 is 4.79 Å². The Bertz CT molecular complexity index is 586.